The highest BCUT2D eigenvalue weighted by Crippen LogP contribution is 2.58. The van der Waals surface area contributed by atoms with Crippen molar-refractivity contribution in [2.45, 2.75) is 101 Å². The van der Waals surface area contributed by atoms with E-state index in [4.69, 9.17) is 25.8 Å². The number of fused-ring (bicyclic) bond motifs is 4. The fourth-order valence-corrected chi connectivity index (χ4v) is 9.63. The molecule has 0 saturated heterocycles. The third kappa shape index (κ3) is 6.54. The van der Waals surface area contributed by atoms with Crippen LogP contribution in [0.2, 0.25) is 5.02 Å². The fourth-order valence-electron chi connectivity index (χ4n) is 9.44. The van der Waals surface area contributed by atoms with Gasteiger partial charge in [0.1, 0.15) is 17.9 Å². The lowest BCUT2D eigenvalue weighted by molar-refractivity contribution is -0.144. The highest BCUT2D eigenvalue weighted by atomic mass is 35.5. The Balaban J connectivity index is 1.06. The van der Waals surface area contributed by atoms with Crippen molar-refractivity contribution in [1.82, 2.24) is 14.5 Å². The lowest BCUT2D eigenvalue weighted by Crippen LogP contribution is -2.53. The van der Waals surface area contributed by atoms with E-state index in [2.05, 4.69) is 41.3 Å². The zero-order valence-electron chi connectivity index (χ0n) is 29.4. The van der Waals surface area contributed by atoms with E-state index in [1.807, 2.05) is 35.2 Å². The van der Waals surface area contributed by atoms with Crippen molar-refractivity contribution in [1.29, 1.82) is 0 Å². The van der Waals surface area contributed by atoms with Gasteiger partial charge < -0.3 is 29.2 Å². The number of aliphatic carboxylic acids is 1. The molecule has 10 heteroatoms. The molecule has 0 radical (unpaired) electrons. The van der Waals surface area contributed by atoms with Crippen LogP contribution in [0.4, 0.5) is 5.69 Å². The number of imidazole rings is 1. The average Bonchev–Trinajstić information content (AvgIpc) is 3.73. The quantitative estimate of drug-likeness (QED) is 0.170. The van der Waals surface area contributed by atoms with E-state index >= 15 is 0 Å². The summed E-state index contributed by atoms with van der Waals surface area (Å²) in [5.74, 6) is 2.77. The van der Waals surface area contributed by atoms with Gasteiger partial charge in [-0.1, -0.05) is 31.5 Å². The van der Waals surface area contributed by atoms with E-state index < -0.39 is 11.5 Å². The van der Waals surface area contributed by atoms with Gasteiger partial charge in [-0.25, -0.2) is 9.78 Å². The van der Waals surface area contributed by atoms with Crippen LogP contribution in [-0.2, 0) is 29.6 Å². The predicted octanol–water partition coefficient (Wildman–Crippen LogP) is 8.24. The second-order valence-electron chi connectivity index (χ2n) is 15.5. The number of benzene rings is 2. The van der Waals surface area contributed by atoms with Crippen LogP contribution in [0, 0.1) is 11.8 Å². The SMILES string of the molecule is C[C@@H](COc1ccnc2c1[C@H](C)CCC2)C[C@H]1Cc2cc3c(cc2C12CCC(Nc1cccc(Cl)c1)(C(=O)O)CC2)O[C@@H](Cn1ccnc1)CO3. The molecule has 4 aromatic rings. The zero-order valence-corrected chi connectivity index (χ0v) is 30.2. The van der Waals surface area contributed by atoms with E-state index in [0.717, 1.165) is 55.0 Å². The van der Waals surface area contributed by atoms with Crippen molar-refractivity contribution in [3.63, 3.8) is 0 Å². The maximum atomic E-state index is 13.0. The van der Waals surface area contributed by atoms with Gasteiger partial charge in [0, 0.05) is 40.6 Å². The molecule has 2 N–H and O–H groups in total. The number of carboxylic acids is 1. The monoisotopic (exact) mass is 710 g/mol. The Bertz CT molecular complexity index is 1890. The Labute approximate surface area is 304 Å². The molecular formula is C41H47ClN4O5. The lowest BCUT2D eigenvalue weighted by Gasteiger charge is -2.47. The standard InChI is InChI=1S/C41H47ClN4O5/c1-26(23-49-35-9-14-44-34-8-3-5-27(2)38(34)35)17-29-18-28-19-36-37(51-32(24-50-36)22-46-16-15-43-25-46)21-33(28)40(29)10-12-41(13-11-40,39(47)48)45-31-7-4-6-30(42)20-31/h4,6-7,9,14-16,19-21,25-27,29,32,45H,3,5,8,10-13,17-18,22-24H2,1-2H3,(H,47,48)/t26-,27-,29+,32+,40?,41?/m1/s1. The van der Waals surface area contributed by atoms with E-state index in [-0.39, 0.29) is 11.5 Å². The van der Waals surface area contributed by atoms with Crippen LogP contribution in [0.1, 0.15) is 87.1 Å². The summed E-state index contributed by atoms with van der Waals surface area (Å²) in [7, 11) is 0. The number of nitrogens with zero attached hydrogens (tertiary/aromatic N) is 3. The van der Waals surface area contributed by atoms with Crippen molar-refractivity contribution in [2.75, 3.05) is 18.5 Å². The maximum absolute atomic E-state index is 13.0. The van der Waals surface area contributed by atoms with Gasteiger partial charge in [-0.05, 0) is 128 Å². The second-order valence-corrected chi connectivity index (χ2v) is 15.9. The summed E-state index contributed by atoms with van der Waals surface area (Å²) in [5, 5.41) is 14.7. The molecule has 4 atom stereocenters. The van der Waals surface area contributed by atoms with Crippen LogP contribution in [0.25, 0.3) is 0 Å². The summed E-state index contributed by atoms with van der Waals surface area (Å²) in [6, 6.07) is 13.8. The topological polar surface area (TPSA) is 108 Å². The fraction of sp³-hybridized carbons (Fsp3) is 0.488. The van der Waals surface area contributed by atoms with Gasteiger partial charge >= 0.3 is 5.97 Å². The number of rotatable bonds is 10. The first-order valence-corrected chi connectivity index (χ1v) is 18.9. The third-order valence-corrected chi connectivity index (χ3v) is 12.3. The molecule has 3 heterocycles. The number of pyridine rings is 1. The molecule has 51 heavy (non-hydrogen) atoms. The summed E-state index contributed by atoms with van der Waals surface area (Å²) in [6.45, 7) is 6.32. The Morgan fingerprint density at radius 1 is 1.16 bits per heavy atom. The van der Waals surface area contributed by atoms with Gasteiger partial charge in [-0.2, -0.15) is 0 Å². The molecule has 0 unspecified atom stereocenters. The summed E-state index contributed by atoms with van der Waals surface area (Å²) < 4.78 is 21.5. The minimum Gasteiger partial charge on any atom is -0.493 e. The lowest BCUT2D eigenvalue weighted by atomic mass is 9.59. The van der Waals surface area contributed by atoms with Gasteiger partial charge in [-0.3, -0.25) is 4.98 Å². The normalized spacial score (nSPS) is 27.0. The number of hydrogen-bond acceptors (Lipinski definition) is 7. The van der Waals surface area contributed by atoms with Crippen LogP contribution in [0.15, 0.2) is 67.4 Å². The molecule has 268 valence electrons. The van der Waals surface area contributed by atoms with Gasteiger partial charge in [0.15, 0.2) is 17.6 Å². The largest absolute Gasteiger partial charge is 0.493 e. The highest BCUT2D eigenvalue weighted by Gasteiger charge is 2.54. The molecule has 3 aliphatic carbocycles. The number of anilines is 1. The van der Waals surface area contributed by atoms with Crippen LogP contribution in [-0.4, -0.2) is 50.5 Å². The summed E-state index contributed by atoms with van der Waals surface area (Å²) >= 11 is 6.30. The molecule has 1 spiro atoms. The van der Waals surface area contributed by atoms with Crippen molar-refractivity contribution in [3.05, 3.63) is 94.8 Å². The number of carbonyl (C=O) groups is 1. The maximum Gasteiger partial charge on any atom is 0.329 e. The van der Waals surface area contributed by atoms with Crippen LogP contribution in [0.5, 0.6) is 17.2 Å². The minimum atomic E-state index is -1.08. The number of nitrogens with one attached hydrogen (secondary N) is 1. The predicted molar refractivity (Wildman–Crippen MR) is 196 cm³/mol. The first-order chi connectivity index (χ1) is 24.7. The molecule has 2 aromatic carbocycles. The van der Waals surface area contributed by atoms with Gasteiger partial charge in [0.25, 0.3) is 0 Å². The first kappa shape index (κ1) is 33.9. The highest BCUT2D eigenvalue weighted by molar-refractivity contribution is 6.30. The molecule has 9 nitrogen and oxygen atoms in total. The summed E-state index contributed by atoms with van der Waals surface area (Å²) in [4.78, 5) is 21.9. The minimum absolute atomic E-state index is 0.135. The molecular weight excluding hydrogens is 664 g/mol. The summed E-state index contributed by atoms with van der Waals surface area (Å²) in [6.07, 6.45) is 15.0. The number of aromatic nitrogens is 3. The molecule has 0 bridgehead atoms. The number of halogens is 1. The second kappa shape index (κ2) is 13.7. The summed E-state index contributed by atoms with van der Waals surface area (Å²) in [5.41, 5.74) is 4.47. The average molecular weight is 711 g/mol. The van der Waals surface area contributed by atoms with E-state index in [1.54, 1.807) is 24.7 Å². The smallest absolute Gasteiger partial charge is 0.329 e. The Kier molecular flexibility index (Phi) is 9.11. The van der Waals surface area contributed by atoms with Crippen LogP contribution >= 0.6 is 11.6 Å². The molecule has 1 aliphatic heterocycles. The van der Waals surface area contributed by atoms with Gasteiger partial charge in [0.05, 0.1) is 19.5 Å². The van der Waals surface area contributed by atoms with Crippen molar-refractivity contribution < 1.29 is 24.1 Å². The zero-order chi connectivity index (χ0) is 35.2. The molecule has 2 aromatic heterocycles. The number of carboxylic acid groups (broad SMARTS) is 1. The van der Waals surface area contributed by atoms with E-state index in [0.29, 0.717) is 55.4 Å². The number of ether oxygens (including phenoxy) is 3. The number of aryl methyl sites for hydroxylation is 1. The van der Waals surface area contributed by atoms with E-state index in [9.17, 15) is 9.90 Å². The molecule has 0 amide bonds. The molecule has 1 fully saturated rings. The first-order valence-electron chi connectivity index (χ1n) is 18.5. The molecule has 4 aliphatic rings. The van der Waals surface area contributed by atoms with Gasteiger partial charge in [0.2, 0.25) is 0 Å². The van der Waals surface area contributed by atoms with Crippen molar-refractivity contribution in [3.8, 4) is 17.2 Å². The van der Waals surface area contributed by atoms with Crippen LogP contribution < -0.4 is 19.5 Å². The van der Waals surface area contributed by atoms with Crippen molar-refractivity contribution >= 4 is 23.3 Å². The van der Waals surface area contributed by atoms with Crippen molar-refractivity contribution in [2.24, 2.45) is 11.8 Å². The number of hydrogen-bond donors (Lipinski definition) is 2. The van der Waals surface area contributed by atoms with Crippen LogP contribution in [0.3, 0.4) is 0 Å². The van der Waals surface area contributed by atoms with E-state index in [1.165, 1.54) is 35.2 Å². The Morgan fingerprint density at radius 3 is 2.80 bits per heavy atom. The molecule has 1 saturated carbocycles. The molecule has 8 rings (SSSR count). The third-order valence-electron chi connectivity index (χ3n) is 12.0. The van der Waals surface area contributed by atoms with Gasteiger partial charge in [-0.15, -0.1) is 0 Å². The Morgan fingerprint density at radius 2 is 2.02 bits per heavy atom. The Hall–Kier alpha value is -4.24.